The molecule has 276 valence electrons. The molecule has 3 aliphatic heterocycles. The molecule has 5 atom stereocenters. The molecule has 0 saturated carbocycles. The number of alkyl halides is 1. The van der Waals surface area contributed by atoms with Crippen LogP contribution in [0, 0.1) is 24.0 Å². The number of carbonyl (C=O) groups is 1. The van der Waals surface area contributed by atoms with Crippen LogP contribution >= 0.6 is 0 Å². The average Bonchev–Trinajstić information content (AvgIpc) is 3.27. The SMILES string of the molecule is C#Cc1c(F)ccc2c1[C@H](c1ncc3c(N4CCCCC(NC(=O)C=C)C4)nc(OC[C@]4(C)C[C@@H](F)CN4C4CCOCC4)nc3c1F)C[C@@H](O)C2. The van der Waals surface area contributed by atoms with Gasteiger partial charge in [0.05, 0.1) is 28.3 Å². The molecule has 2 N–H and O–H groups in total. The van der Waals surface area contributed by atoms with E-state index in [0.717, 1.165) is 32.1 Å². The number of nitrogens with zero attached hydrogens (tertiary/aromatic N) is 5. The molecule has 1 unspecified atom stereocenters. The van der Waals surface area contributed by atoms with Crippen LogP contribution in [0.4, 0.5) is 19.0 Å². The zero-order valence-corrected chi connectivity index (χ0v) is 29.4. The molecule has 3 fully saturated rings. The van der Waals surface area contributed by atoms with Gasteiger partial charge in [0, 0.05) is 63.5 Å². The lowest BCUT2D eigenvalue weighted by molar-refractivity contribution is -0.117. The van der Waals surface area contributed by atoms with E-state index in [4.69, 9.17) is 20.9 Å². The van der Waals surface area contributed by atoms with Gasteiger partial charge in [-0.25, -0.2) is 13.2 Å². The molecule has 7 rings (SSSR count). The first-order valence-electron chi connectivity index (χ1n) is 18.2. The third-order valence-electron chi connectivity index (χ3n) is 11.1. The Morgan fingerprint density at radius 2 is 2.04 bits per heavy atom. The zero-order chi connectivity index (χ0) is 36.6. The predicted molar refractivity (Wildman–Crippen MR) is 190 cm³/mol. The van der Waals surface area contributed by atoms with Crippen molar-refractivity contribution in [3.8, 4) is 18.4 Å². The quantitative estimate of drug-likeness (QED) is 0.252. The number of fused-ring (bicyclic) bond motifs is 2. The van der Waals surface area contributed by atoms with Gasteiger partial charge in [-0.3, -0.25) is 14.7 Å². The highest BCUT2D eigenvalue weighted by molar-refractivity contribution is 5.90. The van der Waals surface area contributed by atoms with E-state index < -0.39 is 35.4 Å². The molecule has 1 amide bonds. The average molecular weight is 719 g/mol. The minimum absolute atomic E-state index is 0.0188. The fraction of sp³-hybridized carbons (Fsp3) is 0.538. The Hall–Kier alpha value is -4.25. The van der Waals surface area contributed by atoms with Crippen LogP contribution in [0.25, 0.3) is 10.9 Å². The summed E-state index contributed by atoms with van der Waals surface area (Å²) in [6.07, 6.45) is 11.2. The Bertz CT molecular complexity index is 1880. The maximum Gasteiger partial charge on any atom is 0.319 e. The second-order valence-corrected chi connectivity index (χ2v) is 14.8. The second-order valence-electron chi connectivity index (χ2n) is 14.8. The predicted octanol–water partition coefficient (Wildman–Crippen LogP) is 4.74. The lowest BCUT2D eigenvalue weighted by atomic mass is 9.77. The van der Waals surface area contributed by atoms with E-state index in [1.807, 2.05) is 11.8 Å². The number of rotatable bonds is 8. The van der Waals surface area contributed by atoms with Crippen LogP contribution < -0.4 is 15.0 Å². The van der Waals surface area contributed by atoms with Crippen molar-refractivity contribution in [1.82, 2.24) is 25.2 Å². The first kappa shape index (κ1) is 36.1. The van der Waals surface area contributed by atoms with Crippen LogP contribution in [0.15, 0.2) is 31.0 Å². The summed E-state index contributed by atoms with van der Waals surface area (Å²) >= 11 is 0. The van der Waals surface area contributed by atoms with Gasteiger partial charge in [-0.2, -0.15) is 9.97 Å². The van der Waals surface area contributed by atoms with Crippen LogP contribution in [-0.4, -0.2) is 100 Å². The molecular formula is C39H45F3N6O4. The summed E-state index contributed by atoms with van der Waals surface area (Å²) in [5, 5.41) is 14.1. The Kier molecular flexibility index (Phi) is 10.4. The van der Waals surface area contributed by atoms with E-state index >= 15 is 8.78 Å². The van der Waals surface area contributed by atoms with E-state index in [9.17, 15) is 14.3 Å². The number of amides is 1. The third-order valence-corrected chi connectivity index (χ3v) is 11.1. The molecule has 13 heteroatoms. The molecule has 1 aliphatic carbocycles. The number of ether oxygens (including phenoxy) is 2. The van der Waals surface area contributed by atoms with Crippen molar-refractivity contribution in [2.45, 2.75) is 94.1 Å². The summed E-state index contributed by atoms with van der Waals surface area (Å²) in [5.41, 5.74) is 0.343. The number of likely N-dealkylation sites (tertiary alicyclic amines) is 1. The van der Waals surface area contributed by atoms with Gasteiger partial charge < -0.3 is 24.8 Å². The summed E-state index contributed by atoms with van der Waals surface area (Å²) in [6, 6.07) is 2.69. The minimum atomic E-state index is -1.03. The van der Waals surface area contributed by atoms with Crippen LogP contribution in [0.3, 0.4) is 0 Å². The summed E-state index contributed by atoms with van der Waals surface area (Å²) in [6.45, 7) is 8.10. The highest BCUT2D eigenvalue weighted by Gasteiger charge is 2.46. The monoisotopic (exact) mass is 718 g/mol. The Labute approximate surface area is 301 Å². The molecule has 2 aromatic heterocycles. The van der Waals surface area contributed by atoms with Gasteiger partial charge in [-0.05, 0) is 75.1 Å². The molecule has 52 heavy (non-hydrogen) atoms. The number of aliphatic hydroxyl groups is 1. The second kappa shape index (κ2) is 15.0. The number of hydrogen-bond donors (Lipinski definition) is 2. The maximum atomic E-state index is 17.1. The van der Waals surface area contributed by atoms with Crippen LogP contribution in [0.1, 0.15) is 80.2 Å². The Morgan fingerprint density at radius 3 is 2.81 bits per heavy atom. The molecule has 0 spiro atoms. The number of aromatic nitrogens is 3. The first-order valence-corrected chi connectivity index (χ1v) is 18.2. The normalized spacial score (nSPS) is 27.1. The van der Waals surface area contributed by atoms with E-state index in [1.54, 1.807) is 6.07 Å². The first-order chi connectivity index (χ1) is 25.1. The summed E-state index contributed by atoms with van der Waals surface area (Å²) < 4.78 is 59.0. The van der Waals surface area contributed by atoms with Gasteiger partial charge in [0.15, 0.2) is 5.82 Å². The van der Waals surface area contributed by atoms with Crippen LogP contribution in [0.5, 0.6) is 6.01 Å². The number of terminal acetylenes is 1. The maximum absolute atomic E-state index is 17.1. The number of anilines is 1. The largest absolute Gasteiger partial charge is 0.461 e. The van der Waals surface area contributed by atoms with Crippen molar-refractivity contribution in [2.24, 2.45) is 0 Å². The number of halogens is 3. The van der Waals surface area contributed by atoms with Gasteiger partial charge in [0.1, 0.15) is 29.9 Å². The van der Waals surface area contributed by atoms with Crippen molar-refractivity contribution >= 4 is 22.6 Å². The molecule has 10 nitrogen and oxygen atoms in total. The summed E-state index contributed by atoms with van der Waals surface area (Å²) in [4.78, 5) is 30.4. The minimum Gasteiger partial charge on any atom is -0.461 e. The smallest absolute Gasteiger partial charge is 0.319 e. The van der Waals surface area contributed by atoms with Gasteiger partial charge >= 0.3 is 6.01 Å². The Morgan fingerprint density at radius 1 is 1.23 bits per heavy atom. The van der Waals surface area contributed by atoms with E-state index in [2.05, 4.69) is 32.7 Å². The molecule has 1 aromatic carbocycles. The summed E-state index contributed by atoms with van der Waals surface area (Å²) in [5.74, 6) is 0.332. The molecule has 4 aliphatic rings. The number of nitrogens with one attached hydrogen (secondary N) is 1. The highest BCUT2D eigenvalue weighted by Crippen LogP contribution is 2.42. The number of benzene rings is 1. The molecular weight excluding hydrogens is 673 g/mol. The lowest BCUT2D eigenvalue weighted by Gasteiger charge is -2.41. The number of aliphatic hydroxyl groups excluding tert-OH is 1. The number of pyridine rings is 1. The van der Waals surface area contributed by atoms with Gasteiger partial charge in [-0.1, -0.05) is 18.6 Å². The third kappa shape index (κ3) is 7.08. The fourth-order valence-electron chi connectivity index (χ4n) is 8.67. The van der Waals surface area contributed by atoms with Crippen molar-refractivity contribution in [1.29, 1.82) is 0 Å². The van der Waals surface area contributed by atoms with Gasteiger partial charge in [0.2, 0.25) is 5.91 Å². The Balaban J connectivity index is 1.30. The fourth-order valence-corrected chi connectivity index (χ4v) is 8.67. The topological polar surface area (TPSA) is 113 Å². The number of carbonyl (C=O) groups excluding carboxylic acids is 1. The number of hydrogen-bond acceptors (Lipinski definition) is 9. The van der Waals surface area contributed by atoms with Gasteiger partial charge in [-0.15, -0.1) is 6.42 Å². The van der Waals surface area contributed by atoms with Crippen LogP contribution in [-0.2, 0) is 16.0 Å². The lowest BCUT2D eigenvalue weighted by Crippen LogP contribution is -2.52. The van der Waals surface area contributed by atoms with Gasteiger partial charge in [0.25, 0.3) is 0 Å². The highest BCUT2D eigenvalue weighted by atomic mass is 19.1. The standard InChI is InChI=1S/C39H45F3N6O4/c1-4-28-31(41)10-9-23-16-27(49)17-29(33(23)28)35-34(42)36-30(19-43-35)37(47-13-7-6-8-25(21-47)44-32(50)5-2)46-38(45-36)52-22-39(3)18-24(40)20-48(39)26-11-14-51-15-12-26/h1,5,9-10,19,24-27,29,49H,2,6-8,11-18,20-22H2,3H3,(H,44,50)/t24-,25?,27+,29-,39+/m1/s1. The zero-order valence-electron chi connectivity index (χ0n) is 29.4. The van der Waals surface area contributed by atoms with Crippen molar-refractivity contribution in [2.75, 3.05) is 44.4 Å². The summed E-state index contributed by atoms with van der Waals surface area (Å²) in [7, 11) is 0. The van der Waals surface area contributed by atoms with Crippen molar-refractivity contribution in [3.05, 3.63) is 65.0 Å². The molecule has 0 bridgehead atoms. The van der Waals surface area contributed by atoms with Crippen LogP contribution in [0.2, 0.25) is 0 Å². The molecule has 5 heterocycles. The van der Waals surface area contributed by atoms with E-state index in [0.29, 0.717) is 55.2 Å². The van der Waals surface area contributed by atoms with E-state index in [1.165, 1.54) is 18.3 Å². The molecule has 0 radical (unpaired) electrons. The van der Waals surface area contributed by atoms with Crippen molar-refractivity contribution < 1.29 is 32.5 Å². The van der Waals surface area contributed by atoms with E-state index in [-0.39, 0.29) is 66.6 Å². The molecule has 3 aromatic rings. The molecule has 3 saturated heterocycles. The van der Waals surface area contributed by atoms with Crippen molar-refractivity contribution in [3.63, 3.8) is 0 Å².